The highest BCUT2D eigenvalue weighted by atomic mass is 32.2. The summed E-state index contributed by atoms with van der Waals surface area (Å²) in [6.45, 7) is 3.31. The molecule has 1 aromatic rings. The molecular weight excluding hydrogens is 508 g/mol. The van der Waals surface area contributed by atoms with Crippen LogP contribution in [0.5, 0.6) is 0 Å². The second-order valence-electron chi connectivity index (χ2n) is 10.4. The topological polar surface area (TPSA) is 151 Å². The first-order valence-electron chi connectivity index (χ1n) is 13.6. The molecule has 2 aliphatic rings. The number of carbonyl (C=O) groups excluding carboxylic acids is 4. The summed E-state index contributed by atoms with van der Waals surface area (Å²) in [5.41, 5.74) is -0.977. The van der Waals surface area contributed by atoms with Crippen molar-refractivity contribution in [1.29, 1.82) is 0 Å². The van der Waals surface area contributed by atoms with Gasteiger partial charge in [0.1, 0.15) is 5.54 Å². The summed E-state index contributed by atoms with van der Waals surface area (Å²) in [5, 5.41) is 8.13. The largest absolute Gasteiger partial charge is 0.347 e. The van der Waals surface area contributed by atoms with Gasteiger partial charge in [-0.15, -0.1) is 0 Å². The minimum absolute atomic E-state index is 0.0255. The molecule has 4 N–H and O–H groups in total. The van der Waals surface area contributed by atoms with Crippen LogP contribution in [0.4, 0.5) is 5.69 Å². The number of nitrogens with one attached hydrogen (secondary N) is 4. The van der Waals surface area contributed by atoms with Gasteiger partial charge in [-0.2, -0.15) is 4.72 Å². The van der Waals surface area contributed by atoms with Crippen LogP contribution in [0.2, 0.25) is 0 Å². The molecule has 0 spiro atoms. The van der Waals surface area contributed by atoms with Crippen LogP contribution in [0.15, 0.2) is 29.2 Å². The summed E-state index contributed by atoms with van der Waals surface area (Å²) in [4.78, 5) is 50.7. The van der Waals surface area contributed by atoms with Gasteiger partial charge in [0.05, 0.1) is 10.9 Å². The average Bonchev–Trinajstić information content (AvgIpc) is 3.39. The lowest BCUT2D eigenvalue weighted by Gasteiger charge is -2.37. The van der Waals surface area contributed by atoms with E-state index in [1.54, 1.807) is 0 Å². The molecular formula is C27H40N4O6S. The number of benzene rings is 1. The van der Waals surface area contributed by atoms with Gasteiger partial charge in [-0.25, -0.2) is 8.42 Å². The molecule has 2 fully saturated rings. The Labute approximate surface area is 225 Å². The molecule has 38 heavy (non-hydrogen) atoms. The molecule has 0 heterocycles. The van der Waals surface area contributed by atoms with E-state index in [1.807, 2.05) is 6.92 Å². The second-order valence-corrected chi connectivity index (χ2v) is 12.1. The van der Waals surface area contributed by atoms with E-state index in [-0.39, 0.29) is 29.7 Å². The van der Waals surface area contributed by atoms with Crippen molar-refractivity contribution in [2.45, 2.75) is 113 Å². The summed E-state index contributed by atoms with van der Waals surface area (Å²) >= 11 is 0. The number of ketones is 1. The van der Waals surface area contributed by atoms with Crippen molar-refractivity contribution in [3.05, 3.63) is 24.3 Å². The van der Waals surface area contributed by atoms with Crippen molar-refractivity contribution in [3.63, 3.8) is 0 Å². The zero-order valence-corrected chi connectivity index (χ0v) is 23.1. The molecule has 2 aliphatic carbocycles. The van der Waals surface area contributed by atoms with E-state index >= 15 is 0 Å². The Hall–Kier alpha value is -2.79. The normalized spacial score (nSPS) is 18.4. The Morgan fingerprint density at radius 3 is 2.18 bits per heavy atom. The first-order chi connectivity index (χ1) is 18.1. The molecule has 0 radical (unpaired) electrons. The molecule has 1 aromatic carbocycles. The Balaban J connectivity index is 1.78. The van der Waals surface area contributed by atoms with Crippen molar-refractivity contribution in [2.75, 3.05) is 5.32 Å². The van der Waals surface area contributed by atoms with Crippen molar-refractivity contribution < 1.29 is 27.6 Å². The highest BCUT2D eigenvalue weighted by Crippen LogP contribution is 2.31. The van der Waals surface area contributed by atoms with Crippen LogP contribution < -0.4 is 20.7 Å². The molecule has 0 saturated heterocycles. The van der Waals surface area contributed by atoms with Crippen LogP contribution in [0.3, 0.4) is 0 Å². The number of carbonyl (C=O) groups is 4. The van der Waals surface area contributed by atoms with Crippen molar-refractivity contribution in [2.24, 2.45) is 0 Å². The number of unbranched alkanes of at least 4 members (excludes halogenated alkanes) is 1. The van der Waals surface area contributed by atoms with Gasteiger partial charge in [0.15, 0.2) is 0 Å². The van der Waals surface area contributed by atoms with Crippen LogP contribution in [-0.4, -0.2) is 49.5 Å². The van der Waals surface area contributed by atoms with E-state index in [9.17, 15) is 27.6 Å². The number of anilines is 1. The minimum Gasteiger partial charge on any atom is -0.347 e. The highest BCUT2D eigenvalue weighted by Gasteiger charge is 2.44. The number of Topliss-reactive ketones (excluding diaryl/α,β-unsaturated/α-hetero) is 1. The zero-order chi connectivity index (χ0) is 27.8. The fraction of sp³-hybridized carbons (Fsp3) is 0.630. The van der Waals surface area contributed by atoms with Crippen LogP contribution in [0.1, 0.15) is 90.9 Å². The van der Waals surface area contributed by atoms with Crippen molar-refractivity contribution >= 4 is 39.2 Å². The number of sulfonamides is 1. The van der Waals surface area contributed by atoms with Gasteiger partial charge in [-0.05, 0) is 56.4 Å². The molecule has 210 valence electrons. The molecule has 0 bridgehead atoms. The standard InChI is InChI=1S/C27H40N4O6S/c1-3-4-12-23(24(33)25(34)29-20-10-6-7-11-20)30-26(35)27(17-8-5-9-18-27)31-38(36,37)22-15-13-21(14-16-22)28-19(2)32/h13-16,20,23,31H,3-12,17-18H2,1-2H3,(H,28,32)(H,29,34)(H,30,35). The van der Waals surface area contributed by atoms with Crippen LogP contribution in [-0.2, 0) is 29.2 Å². The first kappa shape index (κ1) is 29.8. The number of hydrogen-bond donors (Lipinski definition) is 4. The van der Waals surface area contributed by atoms with Gasteiger partial charge in [0.2, 0.25) is 27.6 Å². The van der Waals surface area contributed by atoms with Gasteiger partial charge in [-0.3, -0.25) is 19.2 Å². The first-order valence-corrected chi connectivity index (χ1v) is 15.1. The maximum atomic E-state index is 13.7. The number of rotatable bonds is 12. The maximum absolute atomic E-state index is 13.7. The fourth-order valence-corrected chi connectivity index (χ4v) is 6.65. The summed E-state index contributed by atoms with van der Waals surface area (Å²) in [5.74, 6) is -2.25. The average molecular weight is 549 g/mol. The second kappa shape index (κ2) is 13.3. The fourth-order valence-electron chi connectivity index (χ4n) is 5.23. The van der Waals surface area contributed by atoms with E-state index in [0.717, 1.165) is 38.5 Å². The third-order valence-corrected chi connectivity index (χ3v) is 8.89. The van der Waals surface area contributed by atoms with E-state index in [1.165, 1.54) is 31.2 Å². The lowest BCUT2D eigenvalue weighted by atomic mass is 9.81. The SMILES string of the molecule is CCCCC(NC(=O)C1(NS(=O)(=O)c2ccc(NC(C)=O)cc2)CCCCC1)C(=O)C(=O)NC1CCCC1. The molecule has 1 unspecified atom stereocenters. The van der Waals surface area contributed by atoms with Crippen LogP contribution in [0.25, 0.3) is 0 Å². The zero-order valence-electron chi connectivity index (χ0n) is 22.3. The third kappa shape index (κ3) is 7.86. The highest BCUT2D eigenvalue weighted by molar-refractivity contribution is 7.89. The van der Waals surface area contributed by atoms with Gasteiger partial charge in [-0.1, -0.05) is 51.9 Å². The molecule has 11 heteroatoms. The summed E-state index contributed by atoms with van der Waals surface area (Å²) in [7, 11) is -4.10. The lowest BCUT2D eigenvalue weighted by Crippen LogP contribution is -2.62. The summed E-state index contributed by atoms with van der Waals surface area (Å²) < 4.78 is 29.3. The van der Waals surface area contributed by atoms with E-state index in [4.69, 9.17) is 0 Å². The van der Waals surface area contributed by atoms with Gasteiger partial charge in [0.25, 0.3) is 5.91 Å². The molecule has 3 rings (SSSR count). The van der Waals surface area contributed by atoms with E-state index < -0.39 is 39.2 Å². The Kier molecular flexibility index (Phi) is 10.4. The summed E-state index contributed by atoms with van der Waals surface area (Å²) in [6, 6.07) is 4.64. The smallest absolute Gasteiger partial charge is 0.289 e. The van der Waals surface area contributed by atoms with E-state index in [0.29, 0.717) is 31.4 Å². The lowest BCUT2D eigenvalue weighted by molar-refractivity contribution is -0.141. The number of amides is 3. The number of hydrogen-bond acceptors (Lipinski definition) is 6. The molecule has 1 atom stereocenters. The minimum atomic E-state index is -4.10. The van der Waals surface area contributed by atoms with Gasteiger partial charge >= 0.3 is 0 Å². The van der Waals surface area contributed by atoms with Crippen LogP contribution >= 0.6 is 0 Å². The maximum Gasteiger partial charge on any atom is 0.289 e. The molecule has 0 aliphatic heterocycles. The molecule has 10 nitrogen and oxygen atoms in total. The Morgan fingerprint density at radius 2 is 1.61 bits per heavy atom. The molecule has 2 saturated carbocycles. The third-order valence-electron chi connectivity index (χ3n) is 7.34. The molecule has 0 aromatic heterocycles. The Bertz CT molecular complexity index is 1110. The summed E-state index contributed by atoms with van der Waals surface area (Å²) in [6.07, 6.45) is 8.11. The quantitative estimate of drug-likeness (QED) is 0.295. The monoisotopic (exact) mass is 548 g/mol. The van der Waals surface area contributed by atoms with Crippen molar-refractivity contribution in [3.8, 4) is 0 Å². The van der Waals surface area contributed by atoms with Crippen LogP contribution in [0, 0.1) is 0 Å². The van der Waals surface area contributed by atoms with Crippen molar-refractivity contribution in [1.82, 2.24) is 15.4 Å². The van der Waals surface area contributed by atoms with Gasteiger partial charge in [0, 0.05) is 18.7 Å². The Morgan fingerprint density at radius 1 is 0.974 bits per heavy atom. The predicted octanol–water partition coefficient (Wildman–Crippen LogP) is 2.93. The van der Waals surface area contributed by atoms with E-state index in [2.05, 4.69) is 20.7 Å². The predicted molar refractivity (Wildman–Crippen MR) is 144 cm³/mol. The van der Waals surface area contributed by atoms with Gasteiger partial charge < -0.3 is 16.0 Å². The molecule has 3 amide bonds.